The molecule has 3 aliphatic carbocycles. The van der Waals surface area contributed by atoms with Crippen molar-refractivity contribution in [2.24, 2.45) is 16.7 Å². The Labute approximate surface area is 444 Å². The number of aliphatic hydroxyl groups is 1. The molecule has 0 aromatic rings. The van der Waals surface area contributed by atoms with Crippen molar-refractivity contribution in [2.45, 2.75) is 259 Å². The average molecular weight is 1080 g/mol. The molecule has 0 aromatic carbocycles. The number of carbonyl (C=O) groups is 6. The summed E-state index contributed by atoms with van der Waals surface area (Å²) < 4.78 is 52.7. The molecule has 0 aromatic heterocycles. The van der Waals surface area contributed by atoms with Gasteiger partial charge in [0.2, 0.25) is 8.32 Å². The van der Waals surface area contributed by atoms with Gasteiger partial charge in [0.25, 0.3) is 0 Å². The van der Waals surface area contributed by atoms with E-state index in [-0.39, 0.29) is 35.2 Å². The maximum absolute atomic E-state index is 16.5. The summed E-state index contributed by atoms with van der Waals surface area (Å²) in [5.41, 5.74) is -6.54. The predicted octanol–water partition coefficient (Wildman–Crippen LogP) is 10.3. The van der Waals surface area contributed by atoms with Gasteiger partial charge in [-0.2, -0.15) is 0 Å². The number of nitrogens with one attached hydrogen (secondary N) is 1. The first kappa shape index (κ1) is 62.9. The highest BCUT2D eigenvalue weighted by atomic mass is 28.4. The van der Waals surface area contributed by atoms with Gasteiger partial charge in [0, 0.05) is 38.2 Å². The van der Waals surface area contributed by atoms with Crippen LogP contribution in [0.25, 0.3) is 0 Å². The van der Waals surface area contributed by atoms with Gasteiger partial charge in [0.05, 0.1) is 30.1 Å². The molecule has 3 fully saturated rings. The smallest absolute Gasteiger partial charge is 0.408 e. The molecule has 2 unspecified atom stereocenters. The van der Waals surface area contributed by atoms with Crippen molar-refractivity contribution in [3.05, 3.63) is 34.4 Å². The number of ketones is 1. The molecule has 2 N–H and O–H groups in total. The van der Waals surface area contributed by atoms with Crippen LogP contribution in [0.5, 0.6) is 0 Å². The summed E-state index contributed by atoms with van der Waals surface area (Å²) in [4.78, 5) is 87.4. The second-order valence-electron chi connectivity index (χ2n) is 24.7. The van der Waals surface area contributed by atoms with Crippen molar-refractivity contribution < 1.29 is 71.1 Å². The average Bonchev–Trinajstić information content (AvgIpc) is 3.24. The van der Waals surface area contributed by atoms with E-state index in [0.29, 0.717) is 29.3 Å². The first-order valence-corrected chi connectivity index (χ1v) is 31.6. The van der Waals surface area contributed by atoms with Gasteiger partial charge in [-0.05, 0) is 108 Å². The Morgan fingerprint density at radius 1 is 0.838 bits per heavy atom. The highest BCUT2D eigenvalue weighted by Gasteiger charge is 2.79. The molecule has 420 valence electrons. The van der Waals surface area contributed by atoms with Gasteiger partial charge < -0.3 is 47.7 Å². The van der Waals surface area contributed by atoms with Crippen LogP contribution in [0.2, 0.25) is 34.8 Å². The van der Waals surface area contributed by atoms with Gasteiger partial charge in [0.1, 0.15) is 29.5 Å². The summed E-state index contributed by atoms with van der Waals surface area (Å²) in [6, 6.07) is 0.987. The van der Waals surface area contributed by atoms with Gasteiger partial charge in [-0.1, -0.05) is 93.4 Å². The van der Waals surface area contributed by atoms with Crippen LogP contribution < -0.4 is 5.32 Å². The van der Waals surface area contributed by atoms with Crippen LogP contribution in [0.3, 0.4) is 0 Å². The Morgan fingerprint density at radius 2 is 1.39 bits per heavy atom. The lowest BCUT2D eigenvalue weighted by Crippen LogP contribution is -2.82. The van der Waals surface area contributed by atoms with E-state index in [4.69, 9.17) is 37.3 Å². The Bertz CT molecular complexity index is 2180. The molecular weight excluding hydrogens is 983 g/mol. The zero-order valence-corrected chi connectivity index (χ0v) is 50.9. The Hall–Kier alpha value is -3.69. The molecule has 74 heavy (non-hydrogen) atoms. The number of amides is 1. The van der Waals surface area contributed by atoms with Crippen LogP contribution in [0.4, 0.5) is 4.79 Å². The van der Waals surface area contributed by atoms with Crippen LogP contribution in [0, 0.1) is 16.7 Å². The van der Waals surface area contributed by atoms with Crippen molar-refractivity contribution >= 4 is 52.4 Å². The summed E-state index contributed by atoms with van der Waals surface area (Å²) in [7, 11) is -5.64. The molecule has 1 saturated heterocycles. The van der Waals surface area contributed by atoms with Crippen molar-refractivity contribution in [1.82, 2.24) is 5.32 Å². The van der Waals surface area contributed by atoms with Crippen LogP contribution >= 0.6 is 0 Å². The number of rotatable bonds is 19. The zero-order chi connectivity index (χ0) is 56.6. The summed E-state index contributed by atoms with van der Waals surface area (Å²) in [5.74, 6) is -5.24. The van der Waals surface area contributed by atoms with E-state index < -0.39 is 135 Å². The Morgan fingerprint density at radius 3 is 1.82 bits per heavy atom. The molecule has 2 saturated carbocycles. The van der Waals surface area contributed by atoms with E-state index in [1.807, 2.05) is 13.8 Å². The van der Waals surface area contributed by atoms with Gasteiger partial charge in [-0.25, -0.2) is 14.4 Å². The predicted molar refractivity (Wildman–Crippen MR) is 287 cm³/mol. The van der Waals surface area contributed by atoms with E-state index in [2.05, 4.69) is 67.6 Å². The number of hydrogen-bond donors (Lipinski definition) is 2. The van der Waals surface area contributed by atoms with Gasteiger partial charge in [-0.3, -0.25) is 14.4 Å². The zero-order valence-electron chi connectivity index (χ0n) is 48.9. The van der Waals surface area contributed by atoms with Crippen LogP contribution in [-0.2, 0) is 61.2 Å². The number of alkyl carbamates (subject to hydrolysis) is 1. The minimum absolute atomic E-state index is 0.0219. The lowest BCUT2D eigenvalue weighted by molar-refractivity contribution is -0.345. The van der Waals surface area contributed by atoms with Crippen LogP contribution in [0.1, 0.15) is 165 Å². The topological polar surface area (TPSA) is 209 Å². The van der Waals surface area contributed by atoms with Crippen molar-refractivity contribution in [2.75, 3.05) is 6.61 Å². The standard InChI is InChI=1S/C56H93NO15Si2/c1-23-73(24-2,25-3)71-41-28-42-55(30-65-42,69-38(16)59)47-49(68-43(60)27-32(6)7)56(64)29-40(36(14)44(53(56,20)21)46(66-37(15)58)48(61)54(41,47)22)67-50(62)45(72-74(33(8)9,34(10)11)35(12)13)39(26-31(4)5)57-51(63)70-52(17,18)19/h26-27,33-35,39-42,45-47,49,64H,23-25,28-30H2,1-22H3,(H,57,63)/t39-,40-,41-,42+,45+,46+,47?,49?,54+,55-,56+/m0/s1. The molecule has 0 radical (unpaired) electrons. The Kier molecular flexibility index (Phi) is 19.6. The minimum Gasteiger partial charge on any atom is -0.456 e. The molecule has 4 aliphatic rings. The van der Waals surface area contributed by atoms with Gasteiger partial charge in [-0.15, -0.1) is 0 Å². The monoisotopic (exact) mass is 1080 g/mol. The van der Waals surface area contributed by atoms with Crippen LogP contribution in [-0.4, -0.2) is 124 Å². The number of Topliss-reactive ketones (excluding diaryl/α,β-unsaturated/α-hetero) is 1. The largest absolute Gasteiger partial charge is 0.456 e. The SMILES string of the molecule is CC[Si](CC)(CC)O[C@H]1C[C@H]2OC[C@@]2(OC(C)=O)C2C(OC(=O)C=C(C)C)[C@]3(O)C[C@H](OC(=O)[C@H](O[Si](C(C)C)(C(C)C)C(C)C)[C@H](C=C(C)C)NC(=O)OC(C)(C)C)C(C)=C([C@@H](OC(C)=O)C(=O)[C@@]21C)C3(C)C. The van der Waals surface area contributed by atoms with Crippen molar-refractivity contribution in [1.29, 1.82) is 0 Å². The number of carbonyl (C=O) groups excluding carboxylic acids is 6. The lowest BCUT2D eigenvalue weighted by atomic mass is 9.44. The third-order valence-electron chi connectivity index (χ3n) is 16.9. The number of allylic oxidation sites excluding steroid dienone is 2. The minimum atomic E-state index is -3.01. The number of fused-ring (bicyclic) bond motifs is 5. The second kappa shape index (κ2) is 23.1. The first-order chi connectivity index (χ1) is 33.9. The first-order valence-electron chi connectivity index (χ1n) is 26.9. The fourth-order valence-electron chi connectivity index (χ4n) is 13.2. The summed E-state index contributed by atoms with van der Waals surface area (Å²) in [6.45, 7) is 39.8. The maximum atomic E-state index is 16.5. The number of esters is 4. The molecule has 16 nitrogen and oxygen atoms in total. The third kappa shape index (κ3) is 11.9. The maximum Gasteiger partial charge on any atom is 0.408 e. The molecular formula is C56H93NO15Si2. The Balaban J connectivity index is 2.19. The fraction of sp³-hybridized carbons (Fsp3) is 0.786. The van der Waals surface area contributed by atoms with Gasteiger partial charge >= 0.3 is 30.0 Å². The van der Waals surface area contributed by atoms with Crippen molar-refractivity contribution in [3.63, 3.8) is 0 Å². The highest BCUT2D eigenvalue weighted by molar-refractivity contribution is 6.77. The number of hydrogen-bond acceptors (Lipinski definition) is 15. The molecule has 18 heteroatoms. The molecule has 11 atom stereocenters. The van der Waals surface area contributed by atoms with E-state index in [9.17, 15) is 24.3 Å². The van der Waals surface area contributed by atoms with Gasteiger partial charge in [0.15, 0.2) is 31.9 Å². The molecule has 2 bridgehead atoms. The quantitative estimate of drug-likeness (QED) is 0.0405. The summed E-state index contributed by atoms with van der Waals surface area (Å²) in [6.07, 6.45) is -6.21. The third-order valence-corrected chi connectivity index (χ3v) is 27.7. The molecule has 1 amide bonds. The summed E-state index contributed by atoms with van der Waals surface area (Å²) >= 11 is 0. The number of ether oxygens (including phenoxy) is 6. The van der Waals surface area contributed by atoms with E-state index in [0.717, 1.165) is 5.57 Å². The van der Waals surface area contributed by atoms with Crippen LogP contribution in [0.15, 0.2) is 34.4 Å². The lowest BCUT2D eigenvalue weighted by Gasteiger charge is -2.68. The molecule has 1 heterocycles. The van der Waals surface area contributed by atoms with Crippen molar-refractivity contribution in [3.8, 4) is 0 Å². The molecule has 0 spiro atoms. The van der Waals surface area contributed by atoms with E-state index in [1.54, 1.807) is 68.4 Å². The van der Waals surface area contributed by atoms with E-state index in [1.165, 1.54) is 19.9 Å². The molecule has 4 rings (SSSR count). The second-order valence-corrected chi connectivity index (χ2v) is 34.8. The highest BCUT2D eigenvalue weighted by Crippen LogP contribution is 2.65. The van der Waals surface area contributed by atoms with E-state index >= 15 is 9.59 Å². The fourth-order valence-corrected chi connectivity index (χ4v) is 21.7. The normalized spacial score (nSPS) is 29.6. The molecule has 1 aliphatic heterocycles. The summed E-state index contributed by atoms with van der Waals surface area (Å²) in [5, 5.41) is 17.2.